The van der Waals surface area contributed by atoms with E-state index in [9.17, 15) is 4.79 Å². The number of carbonyl (C=O) groups excluding carboxylic acids is 1. The van der Waals surface area contributed by atoms with Crippen molar-refractivity contribution in [2.24, 2.45) is 4.99 Å². The van der Waals surface area contributed by atoms with E-state index in [0.717, 1.165) is 33.0 Å². The van der Waals surface area contributed by atoms with Crippen molar-refractivity contribution >= 4 is 33.6 Å². The number of thiazole rings is 1. The summed E-state index contributed by atoms with van der Waals surface area (Å²) < 4.78 is 2.10. The number of benzene rings is 2. The van der Waals surface area contributed by atoms with Crippen LogP contribution in [0.15, 0.2) is 47.5 Å². The average molecular weight is 310 g/mol. The first-order valence-corrected chi connectivity index (χ1v) is 8.17. The molecule has 1 heterocycles. The second kappa shape index (κ2) is 5.89. The van der Waals surface area contributed by atoms with E-state index in [0.29, 0.717) is 0 Å². The van der Waals surface area contributed by atoms with Crippen LogP contribution in [0.2, 0.25) is 0 Å². The predicted octanol–water partition coefficient (Wildman–Crippen LogP) is 4.47. The van der Waals surface area contributed by atoms with Gasteiger partial charge in [-0.2, -0.15) is 0 Å². The molecule has 3 nitrogen and oxygen atoms in total. The highest BCUT2D eigenvalue weighted by Gasteiger charge is 2.12. The van der Waals surface area contributed by atoms with Crippen molar-refractivity contribution in [2.45, 2.75) is 27.3 Å². The Morgan fingerprint density at radius 3 is 2.64 bits per heavy atom. The van der Waals surface area contributed by atoms with Crippen molar-refractivity contribution in [2.75, 3.05) is 0 Å². The molecule has 0 radical (unpaired) electrons. The summed E-state index contributed by atoms with van der Waals surface area (Å²) in [4.78, 5) is 18.3. The predicted molar refractivity (Wildman–Crippen MR) is 91.9 cm³/mol. The van der Waals surface area contributed by atoms with E-state index in [2.05, 4.69) is 29.7 Å². The van der Waals surface area contributed by atoms with Crippen molar-refractivity contribution in [1.82, 2.24) is 4.57 Å². The van der Waals surface area contributed by atoms with Crippen LogP contribution >= 0.6 is 11.3 Å². The van der Waals surface area contributed by atoms with E-state index in [-0.39, 0.29) is 5.78 Å². The van der Waals surface area contributed by atoms with Gasteiger partial charge in [0.1, 0.15) is 0 Å². The zero-order valence-corrected chi connectivity index (χ0v) is 13.8. The molecule has 22 heavy (non-hydrogen) atoms. The minimum Gasteiger partial charge on any atom is -0.321 e. The van der Waals surface area contributed by atoms with Gasteiger partial charge in [-0.25, -0.2) is 4.99 Å². The minimum atomic E-state index is 0.101. The number of fused-ring (bicyclic) bond motifs is 1. The second-order valence-corrected chi connectivity index (χ2v) is 6.19. The van der Waals surface area contributed by atoms with E-state index >= 15 is 0 Å². The fourth-order valence-corrected chi connectivity index (χ4v) is 3.78. The number of hydrogen-bond donors (Lipinski definition) is 0. The maximum atomic E-state index is 11.8. The lowest BCUT2D eigenvalue weighted by Gasteiger charge is -2.03. The SMILES string of the molecule is CCn1c(C)c(C(C)=O)sc1=Nc1cccc2ccccc12. The van der Waals surface area contributed by atoms with Crippen molar-refractivity contribution in [1.29, 1.82) is 0 Å². The van der Waals surface area contributed by atoms with Gasteiger partial charge in [-0.1, -0.05) is 47.7 Å². The molecule has 0 saturated heterocycles. The van der Waals surface area contributed by atoms with Gasteiger partial charge >= 0.3 is 0 Å². The van der Waals surface area contributed by atoms with Gasteiger partial charge in [0.25, 0.3) is 0 Å². The molecule has 0 spiro atoms. The third kappa shape index (κ3) is 2.50. The maximum Gasteiger partial charge on any atom is 0.190 e. The standard InChI is InChI=1S/C18H18N2OS/c1-4-20-12(2)17(13(3)21)22-18(20)19-16-11-7-9-14-8-5-6-10-15(14)16/h5-11H,4H2,1-3H3. The number of rotatable bonds is 3. The molecule has 0 fully saturated rings. The molecule has 0 unspecified atom stereocenters. The van der Waals surface area contributed by atoms with E-state index in [1.54, 1.807) is 6.92 Å². The molecule has 2 aromatic carbocycles. The van der Waals surface area contributed by atoms with Crippen molar-refractivity contribution in [3.05, 3.63) is 57.8 Å². The van der Waals surface area contributed by atoms with Crippen LogP contribution in [0.3, 0.4) is 0 Å². The van der Waals surface area contributed by atoms with Gasteiger partial charge in [-0.15, -0.1) is 0 Å². The molecule has 112 valence electrons. The van der Waals surface area contributed by atoms with Gasteiger partial charge in [0.05, 0.1) is 10.6 Å². The number of nitrogens with zero attached hydrogens (tertiary/aromatic N) is 2. The Hall–Kier alpha value is -2.20. The van der Waals surface area contributed by atoms with Crippen LogP contribution < -0.4 is 4.80 Å². The molecule has 4 heteroatoms. The molecule has 0 N–H and O–H groups in total. The number of ketones is 1. The smallest absolute Gasteiger partial charge is 0.190 e. The fourth-order valence-electron chi connectivity index (χ4n) is 2.68. The van der Waals surface area contributed by atoms with Crippen LogP contribution in [-0.4, -0.2) is 10.4 Å². The zero-order chi connectivity index (χ0) is 15.7. The number of carbonyl (C=O) groups is 1. The molecule has 3 rings (SSSR count). The normalized spacial score (nSPS) is 12.0. The van der Waals surface area contributed by atoms with Crippen LogP contribution in [0.25, 0.3) is 10.8 Å². The molecule has 1 aromatic heterocycles. The van der Waals surface area contributed by atoms with Crippen LogP contribution in [0.5, 0.6) is 0 Å². The fraction of sp³-hybridized carbons (Fsp3) is 0.222. The monoisotopic (exact) mass is 310 g/mol. The molecular weight excluding hydrogens is 292 g/mol. The Kier molecular flexibility index (Phi) is 3.94. The summed E-state index contributed by atoms with van der Waals surface area (Å²) in [5.74, 6) is 0.101. The van der Waals surface area contributed by atoms with E-state index in [1.165, 1.54) is 16.7 Å². The Balaban J connectivity index is 2.28. The highest BCUT2D eigenvalue weighted by atomic mass is 32.1. The summed E-state index contributed by atoms with van der Waals surface area (Å²) >= 11 is 1.47. The van der Waals surface area contributed by atoms with Gasteiger partial charge < -0.3 is 4.57 Å². The maximum absolute atomic E-state index is 11.8. The average Bonchev–Trinajstić information content (AvgIpc) is 2.83. The molecule has 0 aliphatic carbocycles. The van der Waals surface area contributed by atoms with Crippen LogP contribution in [0.4, 0.5) is 5.69 Å². The highest BCUT2D eigenvalue weighted by Crippen LogP contribution is 2.25. The number of hydrogen-bond acceptors (Lipinski definition) is 3. The molecule has 0 amide bonds. The molecule has 3 aromatic rings. The first-order chi connectivity index (χ1) is 10.6. The first-order valence-electron chi connectivity index (χ1n) is 7.35. The minimum absolute atomic E-state index is 0.101. The summed E-state index contributed by atoms with van der Waals surface area (Å²) in [6.07, 6.45) is 0. The van der Waals surface area contributed by atoms with Gasteiger partial charge in [-0.3, -0.25) is 4.79 Å². The lowest BCUT2D eigenvalue weighted by molar-refractivity contribution is 0.102. The Bertz CT molecular complexity index is 913. The molecule has 0 saturated carbocycles. The van der Waals surface area contributed by atoms with Crippen LogP contribution in [0.1, 0.15) is 29.2 Å². The second-order valence-electron chi connectivity index (χ2n) is 5.21. The number of Topliss-reactive ketones (excluding diaryl/α,β-unsaturated/α-hetero) is 1. The molecular formula is C18H18N2OS. The summed E-state index contributed by atoms with van der Waals surface area (Å²) in [6.45, 7) is 6.48. The third-order valence-corrected chi connectivity index (χ3v) is 5.06. The van der Waals surface area contributed by atoms with Crippen molar-refractivity contribution < 1.29 is 4.79 Å². The van der Waals surface area contributed by atoms with Crippen LogP contribution in [-0.2, 0) is 6.54 Å². The quantitative estimate of drug-likeness (QED) is 0.657. The molecule has 0 atom stereocenters. The zero-order valence-electron chi connectivity index (χ0n) is 13.0. The molecule has 0 bridgehead atoms. The van der Waals surface area contributed by atoms with Crippen LogP contribution in [0, 0.1) is 6.92 Å². The van der Waals surface area contributed by atoms with E-state index in [4.69, 9.17) is 4.99 Å². The van der Waals surface area contributed by atoms with Gasteiger partial charge in [-0.05, 0) is 25.3 Å². The number of aromatic nitrogens is 1. The summed E-state index contributed by atoms with van der Waals surface area (Å²) in [7, 11) is 0. The highest BCUT2D eigenvalue weighted by molar-refractivity contribution is 7.11. The molecule has 0 aliphatic heterocycles. The Morgan fingerprint density at radius 2 is 1.91 bits per heavy atom. The lowest BCUT2D eigenvalue weighted by Crippen LogP contribution is -2.14. The van der Waals surface area contributed by atoms with Gasteiger partial charge in [0.15, 0.2) is 10.6 Å². The third-order valence-electron chi connectivity index (χ3n) is 3.78. The largest absolute Gasteiger partial charge is 0.321 e. The van der Waals surface area contributed by atoms with Gasteiger partial charge in [0.2, 0.25) is 0 Å². The topological polar surface area (TPSA) is 34.4 Å². The van der Waals surface area contributed by atoms with E-state index < -0.39 is 0 Å². The first kappa shape index (κ1) is 14.7. The summed E-state index contributed by atoms with van der Waals surface area (Å²) in [6, 6.07) is 14.3. The van der Waals surface area contributed by atoms with Gasteiger partial charge in [0, 0.05) is 24.5 Å². The summed E-state index contributed by atoms with van der Waals surface area (Å²) in [5, 5.41) is 2.30. The van der Waals surface area contributed by atoms with Crippen molar-refractivity contribution in [3.63, 3.8) is 0 Å². The van der Waals surface area contributed by atoms with Crippen molar-refractivity contribution in [3.8, 4) is 0 Å². The van der Waals surface area contributed by atoms with E-state index in [1.807, 2.05) is 31.2 Å². The summed E-state index contributed by atoms with van der Waals surface area (Å²) in [5.41, 5.74) is 1.94. The Morgan fingerprint density at radius 1 is 1.18 bits per heavy atom. The Labute approximate surface area is 133 Å². The lowest BCUT2D eigenvalue weighted by atomic mass is 10.1. The molecule has 0 aliphatic rings.